The van der Waals surface area contributed by atoms with Gasteiger partial charge < -0.3 is 9.84 Å². The van der Waals surface area contributed by atoms with Crippen LogP contribution >= 0.6 is 0 Å². The molecule has 1 unspecified atom stereocenters. The molecule has 0 saturated carbocycles. The van der Waals surface area contributed by atoms with Crippen LogP contribution in [0.1, 0.15) is 44.1 Å². The minimum atomic E-state index is -1.18. The Morgan fingerprint density at radius 3 is 2.59 bits per heavy atom. The molecule has 3 heteroatoms. The zero-order valence-corrected chi connectivity index (χ0v) is 10.3. The highest BCUT2D eigenvalue weighted by Crippen LogP contribution is 2.25. The van der Waals surface area contributed by atoms with Crippen LogP contribution in [0.15, 0.2) is 30.3 Å². The lowest BCUT2D eigenvalue weighted by Crippen LogP contribution is -2.05. The normalized spacial score (nSPS) is 12.1. The maximum absolute atomic E-state index is 10.2. The average molecular weight is 236 g/mol. The van der Waals surface area contributed by atoms with Gasteiger partial charge in [0, 0.05) is 0 Å². The summed E-state index contributed by atoms with van der Waals surface area (Å²) in [4.78, 5) is 10.2. The smallest absolute Gasteiger partial charge is 0.450 e. The van der Waals surface area contributed by atoms with Gasteiger partial charge in [0.25, 0.3) is 0 Å². The summed E-state index contributed by atoms with van der Waals surface area (Å²) in [5.41, 5.74) is 1.34. The molecular weight excluding hydrogens is 216 g/mol. The van der Waals surface area contributed by atoms with E-state index in [1.165, 1.54) is 5.56 Å². The molecule has 17 heavy (non-hydrogen) atoms. The van der Waals surface area contributed by atoms with Crippen molar-refractivity contribution < 1.29 is 14.6 Å². The Labute approximate surface area is 102 Å². The molecule has 0 aliphatic heterocycles. The highest BCUT2D eigenvalue weighted by Gasteiger charge is 2.10. The molecule has 0 aromatic heterocycles. The monoisotopic (exact) mass is 236 g/mol. The third-order valence-electron chi connectivity index (χ3n) is 2.83. The molecule has 94 valence electrons. The van der Waals surface area contributed by atoms with E-state index in [0.29, 0.717) is 12.5 Å². The molecule has 0 radical (unpaired) electrons. The maximum atomic E-state index is 10.2. The van der Waals surface area contributed by atoms with E-state index in [2.05, 4.69) is 23.8 Å². The van der Waals surface area contributed by atoms with Gasteiger partial charge in [-0.2, -0.15) is 0 Å². The number of hydrogen-bond acceptors (Lipinski definition) is 2. The summed E-state index contributed by atoms with van der Waals surface area (Å²) in [6, 6.07) is 10.4. The molecule has 1 aromatic carbocycles. The molecule has 1 aromatic rings. The Balaban J connectivity index is 2.41. The first-order chi connectivity index (χ1) is 8.24. The molecule has 1 rings (SSSR count). The van der Waals surface area contributed by atoms with Gasteiger partial charge in [-0.05, 0) is 30.7 Å². The molecule has 1 N–H and O–H groups in total. The fourth-order valence-electron chi connectivity index (χ4n) is 2.04. The van der Waals surface area contributed by atoms with Gasteiger partial charge in [-0.15, -0.1) is 0 Å². The summed E-state index contributed by atoms with van der Waals surface area (Å²) in [7, 11) is 0. The largest absolute Gasteiger partial charge is 0.505 e. The van der Waals surface area contributed by atoms with E-state index in [4.69, 9.17) is 5.11 Å². The van der Waals surface area contributed by atoms with Crippen molar-refractivity contribution in [3.63, 3.8) is 0 Å². The SMILES string of the molecule is CCCC(CCCOC(=O)O)c1ccccc1. The van der Waals surface area contributed by atoms with Gasteiger partial charge in [0.05, 0.1) is 6.61 Å². The van der Waals surface area contributed by atoms with Crippen molar-refractivity contribution in [2.75, 3.05) is 6.61 Å². The summed E-state index contributed by atoms with van der Waals surface area (Å²) < 4.78 is 4.52. The van der Waals surface area contributed by atoms with Crippen LogP contribution in [-0.2, 0) is 4.74 Å². The zero-order chi connectivity index (χ0) is 12.5. The Morgan fingerprint density at radius 1 is 1.29 bits per heavy atom. The fourth-order valence-corrected chi connectivity index (χ4v) is 2.04. The van der Waals surface area contributed by atoms with Crippen LogP contribution in [0, 0.1) is 0 Å². The summed E-state index contributed by atoms with van der Waals surface area (Å²) in [6.45, 7) is 2.46. The Hall–Kier alpha value is -1.51. The van der Waals surface area contributed by atoms with E-state index in [0.717, 1.165) is 25.7 Å². The van der Waals surface area contributed by atoms with Crippen LogP contribution in [0.25, 0.3) is 0 Å². The minimum Gasteiger partial charge on any atom is -0.450 e. The number of benzene rings is 1. The summed E-state index contributed by atoms with van der Waals surface area (Å²) >= 11 is 0. The van der Waals surface area contributed by atoms with Gasteiger partial charge in [-0.3, -0.25) is 0 Å². The van der Waals surface area contributed by atoms with Gasteiger partial charge in [0.15, 0.2) is 0 Å². The lowest BCUT2D eigenvalue weighted by molar-refractivity contribution is 0.0895. The summed E-state index contributed by atoms with van der Waals surface area (Å²) in [5.74, 6) is 0.513. The zero-order valence-electron chi connectivity index (χ0n) is 10.3. The van der Waals surface area contributed by atoms with E-state index >= 15 is 0 Å². The lowest BCUT2D eigenvalue weighted by atomic mass is 9.90. The van der Waals surface area contributed by atoms with Crippen molar-refractivity contribution in [1.29, 1.82) is 0 Å². The van der Waals surface area contributed by atoms with Gasteiger partial charge in [-0.25, -0.2) is 4.79 Å². The molecule has 0 fully saturated rings. The van der Waals surface area contributed by atoms with Crippen molar-refractivity contribution in [3.8, 4) is 0 Å². The van der Waals surface area contributed by atoms with Gasteiger partial charge in [0.1, 0.15) is 0 Å². The van der Waals surface area contributed by atoms with Gasteiger partial charge >= 0.3 is 6.16 Å². The maximum Gasteiger partial charge on any atom is 0.505 e. The minimum absolute atomic E-state index is 0.294. The first-order valence-electron chi connectivity index (χ1n) is 6.14. The average Bonchev–Trinajstić information content (AvgIpc) is 2.34. The number of ether oxygens (including phenoxy) is 1. The quantitative estimate of drug-likeness (QED) is 0.574. The van der Waals surface area contributed by atoms with Crippen LogP contribution in [0.5, 0.6) is 0 Å². The Kier molecular flexibility index (Phi) is 6.15. The van der Waals surface area contributed by atoms with Crippen molar-refractivity contribution in [3.05, 3.63) is 35.9 Å². The highest BCUT2D eigenvalue weighted by molar-refractivity contribution is 5.56. The molecule has 0 aliphatic rings. The standard InChI is InChI=1S/C14H20O3/c1-2-7-12(10-6-11-17-14(15)16)13-8-4-3-5-9-13/h3-5,8-9,12H,2,6-7,10-11H2,1H3,(H,15,16). The third kappa shape index (κ3) is 5.38. The van der Waals surface area contributed by atoms with E-state index in [9.17, 15) is 4.79 Å². The van der Waals surface area contributed by atoms with E-state index in [1.807, 2.05) is 18.2 Å². The number of carboxylic acid groups (broad SMARTS) is 1. The molecule has 0 heterocycles. The van der Waals surface area contributed by atoms with Crippen LogP contribution in [0.2, 0.25) is 0 Å². The van der Waals surface area contributed by atoms with E-state index < -0.39 is 6.16 Å². The second kappa shape index (κ2) is 7.71. The fraction of sp³-hybridized carbons (Fsp3) is 0.500. The predicted octanol–water partition coefficient (Wildman–Crippen LogP) is 4.05. The second-order valence-electron chi connectivity index (χ2n) is 4.15. The highest BCUT2D eigenvalue weighted by atomic mass is 16.7. The molecule has 0 saturated heterocycles. The number of rotatable bonds is 7. The van der Waals surface area contributed by atoms with E-state index in [-0.39, 0.29) is 0 Å². The topological polar surface area (TPSA) is 46.5 Å². The summed E-state index contributed by atoms with van der Waals surface area (Å²) in [6.07, 6.45) is 2.85. The van der Waals surface area contributed by atoms with Crippen molar-refractivity contribution in [2.45, 2.75) is 38.5 Å². The van der Waals surface area contributed by atoms with Crippen LogP contribution in [0.4, 0.5) is 4.79 Å². The predicted molar refractivity (Wildman–Crippen MR) is 67.3 cm³/mol. The van der Waals surface area contributed by atoms with Crippen LogP contribution < -0.4 is 0 Å². The first kappa shape index (κ1) is 13.6. The van der Waals surface area contributed by atoms with Crippen molar-refractivity contribution >= 4 is 6.16 Å². The molecule has 0 amide bonds. The number of hydrogen-bond donors (Lipinski definition) is 1. The molecule has 3 nitrogen and oxygen atoms in total. The summed E-state index contributed by atoms with van der Waals surface area (Å²) in [5, 5.41) is 8.38. The Bertz CT molecular complexity index is 321. The Morgan fingerprint density at radius 2 is 2.00 bits per heavy atom. The van der Waals surface area contributed by atoms with Crippen molar-refractivity contribution in [1.82, 2.24) is 0 Å². The number of carbonyl (C=O) groups is 1. The first-order valence-corrected chi connectivity index (χ1v) is 6.14. The van der Waals surface area contributed by atoms with Crippen LogP contribution in [0.3, 0.4) is 0 Å². The second-order valence-corrected chi connectivity index (χ2v) is 4.15. The van der Waals surface area contributed by atoms with Crippen molar-refractivity contribution in [2.24, 2.45) is 0 Å². The molecule has 0 spiro atoms. The lowest BCUT2D eigenvalue weighted by Gasteiger charge is -2.16. The molecule has 0 bridgehead atoms. The molecule has 0 aliphatic carbocycles. The van der Waals surface area contributed by atoms with Gasteiger partial charge in [0.2, 0.25) is 0 Å². The molecular formula is C14H20O3. The van der Waals surface area contributed by atoms with Crippen LogP contribution in [-0.4, -0.2) is 17.9 Å². The van der Waals surface area contributed by atoms with Gasteiger partial charge in [-0.1, -0.05) is 43.7 Å². The molecule has 1 atom stereocenters. The van der Waals surface area contributed by atoms with E-state index in [1.54, 1.807) is 0 Å². The third-order valence-corrected chi connectivity index (χ3v) is 2.83.